The fourth-order valence-electron chi connectivity index (χ4n) is 1.93. The van der Waals surface area contributed by atoms with Gasteiger partial charge in [-0.15, -0.1) is 11.3 Å². The molecule has 0 saturated heterocycles. The summed E-state index contributed by atoms with van der Waals surface area (Å²) in [5.41, 5.74) is 8.73. The topological polar surface area (TPSA) is 49.8 Å². The number of hydrogen-bond acceptors (Lipinski definition) is 3. The van der Waals surface area contributed by atoms with Gasteiger partial charge in [0.2, 0.25) is 0 Å². The van der Waals surface area contributed by atoms with Gasteiger partial charge >= 0.3 is 0 Å². The minimum atomic E-state index is 0.581. The van der Waals surface area contributed by atoms with Crippen molar-refractivity contribution in [1.29, 1.82) is 5.26 Å². The van der Waals surface area contributed by atoms with Crippen molar-refractivity contribution in [3.8, 4) is 16.5 Å². The highest BCUT2D eigenvalue weighted by atomic mass is 79.9. The number of thiophene rings is 1. The van der Waals surface area contributed by atoms with Gasteiger partial charge in [0.1, 0.15) is 10.9 Å². The summed E-state index contributed by atoms with van der Waals surface area (Å²) in [5.74, 6) is 0. The molecule has 1 heterocycles. The Bertz CT molecular complexity index is 658. The van der Waals surface area contributed by atoms with Crippen LogP contribution in [0.1, 0.15) is 23.8 Å². The second-order valence-electron chi connectivity index (χ2n) is 4.14. The highest BCUT2D eigenvalue weighted by Crippen LogP contribution is 2.40. The lowest BCUT2D eigenvalue weighted by molar-refractivity contribution is 0.930. The molecule has 0 unspecified atom stereocenters. The number of anilines is 1. The van der Waals surface area contributed by atoms with Gasteiger partial charge in [-0.05, 0) is 45.6 Å². The van der Waals surface area contributed by atoms with Crippen LogP contribution >= 0.6 is 38.9 Å². The standard InChI is InChI=1S/C14H12BrClN2S/c1-2-3-9-13(18)12(7-17)19-14(9)8-4-5-10(15)11(16)6-8/h4-6H,2-3,18H2,1H3. The third-order valence-electron chi connectivity index (χ3n) is 2.83. The molecular formula is C14H12BrClN2S. The number of halogens is 2. The van der Waals surface area contributed by atoms with E-state index in [0.29, 0.717) is 15.6 Å². The van der Waals surface area contributed by atoms with Crippen LogP contribution in [0.4, 0.5) is 5.69 Å². The van der Waals surface area contributed by atoms with Crippen LogP contribution < -0.4 is 5.73 Å². The molecule has 5 heteroatoms. The highest BCUT2D eigenvalue weighted by molar-refractivity contribution is 9.10. The van der Waals surface area contributed by atoms with E-state index in [-0.39, 0.29) is 0 Å². The zero-order valence-corrected chi connectivity index (χ0v) is 13.5. The van der Waals surface area contributed by atoms with Gasteiger partial charge in [0.25, 0.3) is 0 Å². The molecule has 1 aromatic heterocycles. The van der Waals surface area contributed by atoms with Gasteiger partial charge in [0.15, 0.2) is 0 Å². The Hall–Kier alpha value is -1.02. The van der Waals surface area contributed by atoms with E-state index in [2.05, 4.69) is 28.9 Å². The molecule has 98 valence electrons. The van der Waals surface area contributed by atoms with Gasteiger partial charge in [-0.25, -0.2) is 0 Å². The molecule has 0 bridgehead atoms. The second-order valence-corrected chi connectivity index (χ2v) is 6.43. The molecule has 0 saturated carbocycles. The number of nitrogens with two attached hydrogens (primary N) is 1. The smallest absolute Gasteiger partial charge is 0.128 e. The van der Waals surface area contributed by atoms with Gasteiger partial charge in [0, 0.05) is 9.35 Å². The van der Waals surface area contributed by atoms with Gasteiger partial charge in [-0.3, -0.25) is 0 Å². The molecule has 0 aliphatic heterocycles. The van der Waals surface area contributed by atoms with Gasteiger partial charge < -0.3 is 5.73 Å². The molecule has 2 rings (SSSR count). The highest BCUT2D eigenvalue weighted by Gasteiger charge is 2.17. The Labute approximate surface area is 129 Å². The van der Waals surface area contributed by atoms with Crippen LogP contribution in [0.3, 0.4) is 0 Å². The van der Waals surface area contributed by atoms with Crippen molar-refractivity contribution >= 4 is 44.6 Å². The fraction of sp³-hybridized carbons (Fsp3) is 0.214. The van der Waals surface area contributed by atoms with Gasteiger partial charge in [-0.1, -0.05) is 31.0 Å². The predicted octanol–water partition coefficient (Wildman–Crippen LogP) is 5.24. The van der Waals surface area contributed by atoms with E-state index in [0.717, 1.165) is 33.3 Å². The first-order chi connectivity index (χ1) is 9.08. The normalized spacial score (nSPS) is 10.4. The van der Waals surface area contributed by atoms with E-state index in [1.807, 2.05) is 18.2 Å². The average Bonchev–Trinajstić information content (AvgIpc) is 2.71. The van der Waals surface area contributed by atoms with Crippen molar-refractivity contribution in [2.45, 2.75) is 19.8 Å². The summed E-state index contributed by atoms with van der Waals surface area (Å²) in [6.07, 6.45) is 1.86. The third-order valence-corrected chi connectivity index (χ3v) is 5.27. The average molecular weight is 356 g/mol. The molecule has 2 nitrogen and oxygen atoms in total. The maximum atomic E-state index is 9.12. The van der Waals surface area contributed by atoms with E-state index < -0.39 is 0 Å². The lowest BCUT2D eigenvalue weighted by Gasteiger charge is -2.05. The van der Waals surface area contributed by atoms with Crippen molar-refractivity contribution < 1.29 is 0 Å². The van der Waals surface area contributed by atoms with Crippen LogP contribution in [-0.2, 0) is 6.42 Å². The zero-order valence-electron chi connectivity index (χ0n) is 10.3. The Balaban J connectivity index is 2.60. The van der Waals surface area contributed by atoms with Gasteiger partial charge in [-0.2, -0.15) is 5.26 Å². The van der Waals surface area contributed by atoms with E-state index in [9.17, 15) is 0 Å². The van der Waals surface area contributed by atoms with Crippen molar-refractivity contribution in [3.63, 3.8) is 0 Å². The zero-order chi connectivity index (χ0) is 14.0. The molecule has 0 radical (unpaired) electrons. The third kappa shape index (κ3) is 2.79. The summed E-state index contributed by atoms with van der Waals surface area (Å²) in [6, 6.07) is 7.96. The summed E-state index contributed by atoms with van der Waals surface area (Å²) < 4.78 is 0.861. The largest absolute Gasteiger partial charge is 0.397 e. The fourth-order valence-corrected chi connectivity index (χ4v) is 3.42. The summed E-state index contributed by atoms with van der Waals surface area (Å²) in [5, 5.41) is 9.77. The van der Waals surface area contributed by atoms with Crippen LogP contribution in [-0.4, -0.2) is 0 Å². The first kappa shape index (κ1) is 14.4. The van der Waals surface area contributed by atoms with E-state index >= 15 is 0 Å². The summed E-state index contributed by atoms with van der Waals surface area (Å²) in [6.45, 7) is 2.10. The maximum absolute atomic E-state index is 9.12. The first-order valence-corrected chi connectivity index (χ1v) is 7.83. The van der Waals surface area contributed by atoms with E-state index in [4.69, 9.17) is 22.6 Å². The van der Waals surface area contributed by atoms with Crippen molar-refractivity contribution in [3.05, 3.63) is 38.1 Å². The molecule has 0 spiro atoms. The molecule has 1 aromatic carbocycles. The maximum Gasteiger partial charge on any atom is 0.128 e. The van der Waals surface area contributed by atoms with Crippen LogP contribution in [0.25, 0.3) is 10.4 Å². The Kier molecular flexibility index (Phi) is 4.51. The van der Waals surface area contributed by atoms with E-state index in [1.54, 1.807) is 0 Å². The Morgan fingerprint density at radius 2 is 2.21 bits per heavy atom. The lowest BCUT2D eigenvalue weighted by atomic mass is 10.0. The van der Waals surface area contributed by atoms with Crippen molar-refractivity contribution in [2.24, 2.45) is 0 Å². The number of nitrogen functional groups attached to an aromatic ring is 1. The molecule has 0 aliphatic carbocycles. The Morgan fingerprint density at radius 3 is 2.79 bits per heavy atom. The minimum absolute atomic E-state index is 0.581. The lowest BCUT2D eigenvalue weighted by Crippen LogP contribution is -1.93. The SMILES string of the molecule is CCCc1c(-c2ccc(Br)c(Cl)c2)sc(C#N)c1N. The van der Waals surface area contributed by atoms with Crippen molar-refractivity contribution in [2.75, 3.05) is 5.73 Å². The molecule has 19 heavy (non-hydrogen) atoms. The number of rotatable bonds is 3. The molecule has 2 aromatic rings. The predicted molar refractivity (Wildman–Crippen MR) is 85.6 cm³/mol. The van der Waals surface area contributed by atoms with Crippen LogP contribution in [0, 0.1) is 11.3 Å². The molecule has 0 amide bonds. The molecule has 0 fully saturated rings. The van der Waals surface area contributed by atoms with E-state index in [1.165, 1.54) is 11.3 Å². The quantitative estimate of drug-likeness (QED) is 0.818. The number of nitriles is 1. The van der Waals surface area contributed by atoms with Gasteiger partial charge in [0.05, 0.1) is 10.7 Å². The number of benzene rings is 1. The summed E-state index contributed by atoms with van der Waals surface area (Å²) >= 11 is 10.9. The molecular weight excluding hydrogens is 344 g/mol. The second kappa shape index (κ2) is 5.96. The molecule has 0 aliphatic rings. The number of hydrogen-bond donors (Lipinski definition) is 1. The van der Waals surface area contributed by atoms with Crippen LogP contribution in [0.5, 0.6) is 0 Å². The molecule has 2 N–H and O–H groups in total. The Morgan fingerprint density at radius 1 is 1.47 bits per heavy atom. The molecule has 0 atom stereocenters. The summed E-state index contributed by atoms with van der Waals surface area (Å²) in [4.78, 5) is 1.63. The van der Waals surface area contributed by atoms with Crippen LogP contribution in [0.15, 0.2) is 22.7 Å². The number of nitrogens with zero attached hydrogens (tertiary/aromatic N) is 1. The monoisotopic (exact) mass is 354 g/mol. The summed E-state index contributed by atoms with van der Waals surface area (Å²) in [7, 11) is 0. The van der Waals surface area contributed by atoms with Crippen molar-refractivity contribution in [1.82, 2.24) is 0 Å². The minimum Gasteiger partial charge on any atom is -0.397 e. The van der Waals surface area contributed by atoms with Crippen LogP contribution in [0.2, 0.25) is 5.02 Å². The first-order valence-electron chi connectivity index (χ1n) is 5.85.